The number of hydrogen-bond donors (Lipinski definition) is 0. The normalized spacial score (nSPS) is 18.8. The lowest BCUT2D eigenvalue weighted by molar-refractivity contribution is 0.0962. The maximum absolute atomic E-state index is 14.3. The van der Waals surface area contributed by atoms with Gasteiger partial charge < -0.3 is 9.80 Å². The molecule has 5 nitrogen and oxygen atoms in total. The van der Waals surface area contributed by atoms with E-state index in [1.165, 1.54) is 18.2 Å². The van der Waals surface area contributed by atoms with Crippen molar-refractivity contribution >= 4 is 17.4 Å². The highest BCUT2D eigenvalue weighted by Gasteiger charge is 2.30. The zero-order chi connectivity index (χ0) is 21.4. The highest BCUT2D eigenvalue weighted by atomic mass is 19.1. The Morgan fingerprint density at radius 3 is 2.32 bits per heavy atom. The molecule has 0 amide bonds. The van der Waals surface area contributed by atoms with Crippen LogP contribution in [0.5, 0.6) is 0 Å². The highest BCUT2D eigenvalue weighted by Crippen LogP contribution is 2.33. The lowest BCUT2D eigenvalue weighted by Gasteiger charge is -2.36. The van der Waals surface area contributed by atoms with Crippen LogP contribution >= 0.6 is 0 Å². The van der Waals surface area contributed by atoms with Crippen LogP contribution in [-0.2, 0) is 6.42 Å². The highest BCUT2D eigenvalue weighted by molar-refractivity contribution is 5.98. The second-order valence-corrected chi connectivity index (χ2v) is 8.03. The predicted octanol–water partition coefficient (Wildman–Crippen LogP) is 3.99. The molecule has 0 spiro atoms. The Balaban J connectivity index is 1.32. The van der Waals surface area contributed by atoms with Crippen LogP contribution in [0, 0.1) is 11.6 Å². The van der Waals surface area contributed by atoms with E-state index in [4.69, 9.17) is 4.98 Å². The number of halogens is 2. The number of benzene rings is 2. The maximum Gasteiger partial charge on any atom is 0.225 e. The van der Waals surface area contributed by atoms with Crippen LogP contribution < -0.4 is 9.80 Å². The van der Waals surface area contributed by atoms with E-state index in [2.05, 4.69) is 14.8 Å². The molecular formula is C24H22F2N4O. The van der Waals surface area contributed by atoms with E-state index in [1.807, 2.05) is 0 Å². The average Bonchev–Trinajstić information content (AvgIpc) is 2.79. The first-order valence-electron chi connectivity index (χ1n) is 10.5. The minimum Gasteiger partial charge on any atom is -0.368 e. The molecule has 0 radical (unpaired) electrons. The molecule has 5 rings (SSSR count). The number of aromatic nitrogens is 2. The molecule has 1 atom stereocenters. The van der Waals surface area contributed by atoms with Gasteiger partial charge in [-0.25, -0.2) is 18.7 Å². The molecule has 2 heterocycles. The van der Waals surface area contributed by atoms with E-state index < -0.39 is 0 Å². The third-order valence-electron chi connectivity index (χ3n) is 6.13. The van der Waals surface area contributed by atoms with Gasteiger partial charge in [-0.15, -0.1) is 0 Å². The van der Waals surface area contributed by atoms with Crippen LogP contribution in [0.3, 0.4) is 0 Å². The third-order valence-corrected chi connectivity index (χ3v) is 6.13. The van der Waals surface area contributed by atoms with E-state index in [0.717, 1.165) is 31.9 Å². The number of fused-ring (bicyclic) bond motifs is 1. The summed E-state index contributed by atoms with van der Waals surface area (Å²) >= 11 is 0. The molecule has 2 aromatic carbocycles. The third kappa shape index (κ3) is 3.87. The van der Waals surface area contributed by atoms with Gasteiger partial charge in [0.05, 0.1) is 11.3 Å². The van der Waals surface area contributed by atoms with Crippen LogP contribution in [-0.4, -0.2) is 41.9 Å². The summed E-state index contributed by atoms with van der Waals surface area (Å²) in [6.45, 7) is 2.98. The van der Waals surface area contributed by atoms with Crippen molar-refractivity contribution in [2.24, 2.45) is 0 Å². The van der Waals surface area contributed by atoms with Gasteiger partial charge in [0.15, 0.2) is 5.78 Å². The van der Waals surface area contributed by atoms with E-state index in [9.17, 15) is 13.6 Å². The molecule has 31 heavy (non-hydrogen) atoms. The van der Waals surface area contributed by atoms with Crippen LogP contribution in [0.4, 0.5) is 20.4 Å². The molecule has 1 fully saturated rings. The van der Waals surface area contributed by atoms with E-state index in [1.54, 1.807) is 36.5 Å². The fraction of sp³-hybridized carbons (Fsp3) is 0.292. The summed E-state index contributed by atoms with van der Waals surface area (Å²) < 4.78 is 27.4. The summed E-state index contributed by atoms with van der Waals surface area (Å²) in [6.07, 6.45) is 2.41. The molecule has 0 bridgehead atoms. The molecule has 2 aliphatic rings. The van der Waals surface area contributed by atoms with Crippen molar-refractivity contribution in [3.8, 4) is 0 Å². The van der Waals surface area contributed by atoms with E-state index >= 15 is 0 Å². The molecule has 1 aliphatic heterocycles. The fourth-order valence-electron chi connectivity index (χ4n) is 4.43. The Hall–Kier alpha value is -3.35. The zero-order valence-electron chi connectivity index (χ0n) is 17.0. The van der Waals surface area contributed by atoms with Crippen LogP contribution in [0.1, 0.15) is 34.0 Å². The Morgan fingerprint density at radius 1 is 0.871 bits per heavy atom. The van der Waals surface area contributed by atoms with Gasteiger partial charge in [0.25, 0.3) is 0 Å². The molecule has 7 heteroatoms. The molecule has 0 unspecified atom stereocenters. The zero-order valence-corrected chi connectivity index (χ0v) is 17.0. The Morgan fingerprint density at radius 2 is 1.58 bits per heavy atom. The van der Waals surface area contributed by atoms with Crippen LogP contribution in [0.2, 0.25) is 0 Å². The summed E-state index contributed by atoms with van der Waals surface area (Å²) in [5.74, 6) is -0.177. The summed E-state index contributed by atoms with van der Waals surface area (Å²) in [4.78, 5) is 26.1. The predicted molar refractivity (Wildman–Crippen MR) is 115 cm³/mol. The largest absolute Gasteiger partial charge is 0.368 e. The lowest BCUT2D eigenvalue weighted by atomic mass is 9.82. The number of Topliss-reactive ketones (excluding diaryl/α,β-unsaturated/α-hetero) is 1. The first kappa shape index (κ1) is 19.6. The number of hydrogen-bond acceptors (Lipinski definition) is 5. The quantitative estimate of drug-likeness (QED) is 0.641. The van der Waals surface area contributed by atoms with Crippen LogP contribution in [0.25, 0.3) is 0 Å². The Labute approximate surface area is 179 Å². The van der Waals surface area contributed by atoms with Gasteiger partial charge >= 0.3 is 0 Å². The van der Waals surface area contributed by atoms with Gasteiger partial charge in [-0.05, 0) is 48.2 Å². The lowest BCUT2D eigenvalue weighted by Crippen LogP contribution is -2.47. The van der Waals surface area contributed by atoms with Crippen molar-refractivity contribution < 1.29 is 13.6 Å². The van der Waals surface area contributed by atoms with Gasteiger partial charge in [0, 0.05) is 44.5 Å². The minimum absolute atomic E-state index is 0.0396. The fourth-order valence-corrected chi connectivity index (χ4v) is 4.43. The summed E-state index contributed by atoms with van der Waals surface area (Å²) in [7, 11) is 0. The van der Waals surface area contributed by atoms with Crippen molar-refractivity contribution in [1.29, 1.82) is 0 Å². The standard InChI is InChI=1S/C24H22F2N4O/c25-17-5-7-18(8-6-17)29-9-11-30(12-10-29)24-27-15-20-22(28-24)13-16(14-23(20)31)19-3-1-2-4-21(19)26/h1-8,15-16H,9-14H2/t16-/m1/s1. The second-order valence-electron chi connectivity index (χ2n) is 8.03. The van der Waals surface area contributed by atoms with E-state index in [0.29, 0.717) is 29.2 Å². The molecular weight excluding hydrogens is 398 g/mol. The number of piperazine rings is 1. The first-order valence-corrected chi connectivity index (χ1v) is 10.5. The van der Waals surface area contributed by atoms with Crippen molar-refractivity contribution in [2.45, 2.75) is 18.8 Å². The average molecular weight is 420 g/mol. The molecule has 0 saturated carbocycles. The van der Waals surface area contributed by atoms with Gasteiger partial charge in [-0.2, -0.15) is 0 Å². The van der Waals surface area contributed by atoms with Gasteiger partial charge in [-0.1, -0.05) is 18.2 Å². The Kier molecular flexibility index (Phi) is 5.10. The van der Waals surface area contributed by atoms with Crippen molar-refractivity contribution in [2.75, 3.05) is 36.0 Å². The van der Waals surface area contributed by atoms with Gasteiger partial charge in [0.1, 0.15) is 11.6 Å². The maximum atomic E-state index is 14.3. The van der Waals surface area contributed by atoms with Gasteiger partial charge in [0.2, 0.25) is 5.95 Å². The van der Waals surface area contributed by atoms with Gasteiger partial charge in [-0.3, -0.25) is 4.79 Å². The number of carbonyl (C=O) groups excluding carboxylic acids is 1. The smallest absolute Gasteiger partial charge is 0.225 e. The number of anilines is 2. The molecule has 3 aromatic rings. The Bertz CT molecular complexity index is 1110. The molecule has 1 aliphatic carbocycles. The minimum atomic E-state index is -0.282. The van der Waals surface area contributed by atoms with Crippen molar-refractivity contribution in [1.82, 2.24) is 9.97 Å². The van der Waals surface area contributed by atoms with Crippen molar-refractivity contribution in [3.63, 3.8) is 0 Å². The van der Waals surface area contributed by atoms with Crippen molar-refractivity contribution in [3.05, 3.63) is 83.2 Å². The number of nitrogens with zero attached hydrogens (tertiary/aromatic N) is 4. The summed E-state index contributed by atoms with van der Waals surface area (Å²) in [6, 6.07) is 13.1. The molecule has 0 N–H and O–H groups in total. The summed E-state index contributed by atoms with van der Waals surface area (Å²) in [5, 5.41) is 0. The molecule has 158 valence electrons. The molecule has 1 aromatic heterocycles. The second kappa shape index (κ2) is 8.06. The van der Waals surface area contributed by atoms with E-state index in [-0.39, 0.29) is 29.8 Å². The summed E-state index contributed by atoms with van der Waals surface area (Å²) in [5.41, 5.74) is 2.79. The number of rotatable bonds is 3. The monoisotopic (exact) mass is 420 g/mol. The number of carbonyl (C=O) groups is 1. The topological polar surface area (TPSA) is 49.3 Å². The number of ketones is 1. The SMILES string of the molecule is O=C1C[C@H](c2ccccc2F)Cc2nc(N3CCN(c4ccc(F)cc4)CC3)ncc21. The first-order chi connectivity index (χ1) is 15.1. The van der Waals surface area contributed by atoms with Crippen LogP contribution in [0.15, 0.2) is 54.7 Å². The molecule has 1 saturated heterocycles.